The summed E-state index contributed by atoms with van der Waals surface area (Å²) in [5, 5.41) is 3.49. The molecule has 1 saturated heterocycles. The van der Waals surface area contributed by atoms with Crippen molar-refractivity contribution >= 4 is 5.95 Å². The smallest absolute Gasteiger partial charge is 0.205 e. The number of aryl methyl sites for hydroxylation is 2. The number of anilines is 1. The molecule has 1 aromatic rings. The van der Waals surface area contributed by atoms with Gasteiger partial charge in [0.25, 0.3) is 0 Å². The van der Waals surface area contributed by atoms with Crippen LogP contribution in [0, 0.1) is 0 Å². The second-order valence-electron chi connectivity index (χ2n) is 5.23. The minimum Gasteiger partial charge on any atom is -0.339 e. The molecule has 4 heteroatoms. The summed E-state index contributed by atoms with van der Waals surface area (Å²) in [7, 11) is 0. The van der Waals surface area contributed by atoms with Gasteiger partial charge in [0, 0.05) is 38.4 Å². The van der Waals surface area contributed by atoms with E-state index in [0.717, 1.165) is 32.6 Å². The van der Waals surface area contributed by atoms with Gasteiger partial charge in [-0.25, -0.2) is 4.98 Å². The largest absolute Gasteiger partial charge is 0.339 e. The third kappa shape index (κ3) is 3.05. The third-order valence-corrected chi connectivity index (χ3v) is 3.57. The maximum atomic E-state index is 4.80. The molecular formula is C14H26N4. The zero-order valence-corrected chi connectivity index (χ0v) is 11.9. The molecule has 0 amide bonds. The van der Waals surface area contributed by atoms with Gasteiger partial charge in [-0.2, -0.15) is 0 Å². The van der Waals surface area contributed by atoms with Crippen molar-refractivity contribution in [1.29, 1.82) is 0 Å². The average Bonchev–Trinajstić information content (AvgIpc) is 2.79. The first-order valence-electron chi connectivity index (χ1n) is 7.29. The number of nitrogens with one attached hydrogen (secondary N) is 1. The highest BCUT2D eigenvalue weighted by molar-refractivity contribution is 5.35. The Balaban J connectivity index is 2.15. The second kappa shape index (κ2) is 6.23. The minimum atomic E-state index is 0.556. The number of aromatic nitrogens is 2. The van der Waals surface area contributed by atoms with Crippen molar-refractivity contribution in [3.63, 3.8) is 0 Å². The Labute approximate surface area is 110 Å². The minimum absolute atomic E-state index is 0.556. The lowest BCUT2D eigenvalue weighted by atomic mass is 10.2. The predicted octanol–water partition coefficient (Wildman–Crippen LogP) is 2.04. The van der Waals surface area contributed by atoms with E-state index in [9.17, 15) is 0 Å². The van der Waals surface area contributed by atoms with Gasteiger partial charge in [0.05, 0.1) is 5.69 Å². The lowest BCUT2D eigenvalue weighted by Gasteiger charge is -2.33. The quantitative estimate of drug-likeness (QED) is 0.868. The van der Waals surface area contributed by atoms with E-state index in [1.165, 1.54) is 24.5 Å². The second-order valence-corrected chi connectivity index (χ2v) is 5.23. The molecule has 1 atom stereocenters. The highest BCUT2D eigenvalue weighted by Crippen LogP contribution is 2.17. The number of nitrogens with zero attached hydrogens (tertiary/aromatic N) is 3. The summed E-state index contributed by atoms with van der Waals surface area (Å²) < 4.78 is 2.35. The number of hydrogen-bond donors (Lipinski definition) is 1. The van der Waals surface area contributed by atoms with Crippen molar-refractivity contribution in [2.75, 3.05) is 24.5 Å². The molecule has 0 spiro atoms. The van der Waals surface area contributed by atoms with Gasteiger partial charge in [0.1, 0.15) is 0 Å². The molecule has 0 radical (unpaired) electrons. The SMILES string of the molecule is CCCCn1cc(CC)nc1N1CCN[C@@H](C)C1. The fourth-order valence-electron chi connectivity index (χ4n) is 2.49. The molecule has 2 heterocycles. The lowest BCUT2D eigenvalue weighted by molar-refractivity contribution is 0.472. The number of piperazine rings is 1. The summed E-state index contributed by atoms with van der Waals surface area (Å²) in [6, 6.07) is 0.556. The molecule has 1 aromatic heterocycles. The predicted molar refractivity (Wildman–Crippen MR) is 76.2 cm³/mol. The van der Waals surface area contributed by atoms with Crippen LogP contribution in [0.3, 0.4) is 0 Å². The van der Waals surface area contributed by atoms with Crippen molar-refractivity contribution in [1.82, 2.24) is 14.9 Å². The van der Waals surface area contributed by atoms with Crippen molar-refractivity contribution in [3.05, 3.63) is 11.9 Å². The standard InChI is InChI=1S/C14H26N4/c1-4-6-8-17-11-13(5-2)16-14(17)18-9-7-15-12(3)10-18/h11-12,15H,4-10H2,1-3H3/t12-/m0/s1. The van der Waals surface area contributed by atoms with Gasteiger partial charge in [-0.15, -0.1) is 0 Å². The average molecular weight is 250 g/mol. The Kier molecular flexibility index (Phi) is 4.64. The summed E-state index contributed by atoms with van der Waals surface area (Å²) in [5.74, 6) is 1.17. The monoisotopic (exact) mass is 250 g/mol. The van der Waals surface area contributed by atoms with Crippen molar-refractivity contribution in [2.45, 2.75) is 52.6 Å². The number of unbranched alkanes of at least 4 members (excludes halogenated alkanes) is 1. The van der Waals surface area contributed by atoms with Crippen LogP contribution >= 0.6 is 0 Å². The fourth-order valence-corrected chi connectivity index (χ4v) is 2.49. The summed E-state index contributed by atoms with van der Waals surface area (Å²) in [4.78, 5) is 7.23. The van der Waals surface area contributed by atoms with Gasteiger partial charge in [-0.3, -0.25) is 0 Å². The topological polar surface area (TPSA) is 33.1 Å². The van der Waals surface area contributed by atoms with Crippen LogP contribution in [-0.2, 0) is 13.0 Å². The van der Waals surface area contributed by atoms with Gasteiger partial charge >= 0.3 is 0 Å². The van der Waals surface area contributed by atoms with Gasteiger partial charge < -0.3 is 14.8 Å². The maximum Gasteiger partial charge on any atom is 0.205 e. The summed E-state index contributed by atoms with van der Waals surface area (Å²) in [6.45, 7) is 10.9. The first kappa shape index (κ1) is 13.4. The highest BCUT2D eigenvalue weighted by Gasteiger charge is 2.20. The molecule has 0 bridgehead atoms. The van der Waals surface area contributed by atoms with E-state index in [1.807, 2.05) is 0 Å². The van der Waals surface area contributed by atoms with E-state index >= 15 is 0 Å². The van der Waals surface area contributed by atoms with E-state index in [4.69, 9.17) is 4.98 Å². The molecule has 0 unspecified atom stereocenters. The van der Waals surface area contributed by atoms with Crippen LogP contribution in [0.15, 0.2) is 6.20 Å². The van der Waals surface area contributed by atoms with Gasteiger partial charge in [0.15, 0.2) is 0 Å². The van der Waals surface area contributed by atoms with Crippen molar-refractivity contribution in [2.24, 2.45) is 0 Å². The Morgan fingerprint density at radius 3 is 2.94 bits per heavy atom. The molecule has 1 aliphatic rings. The lowest BCUT2D eigenvalue weighted by Crippen LogP contribution is -2.50. The molecule has 0 aromatic carbocycles. The third-order valence-electron chi connectivity index (χ3n) is 3.57. The van der Waals surface area contributed by atoms with Gasteiger partial charge in [-0.1, -0.05) is 20.3 Å². The fraction of sp³-hybridized carbons (Fsp3) is 0.786. The van der Waals surface area contributed by atoms with E-state index in [2.05, 4.69) is 41.8 Å². The molecule has 1 N–H and O–H groups in total. The molecule has 1 fully saturated rings. The van der Waals surface area contributed by atoms with Crippen LogP contribution in [0.2, 0.25) is 0 Å². The Bertz CT molecular complexity index is 372. The molecule has 2 rings (SSSR count). The molecule has 4 nitrogen and oxygen atoms in total. The number of rotatable bonds is 5. The highest BCUT2D eigenvalue weighted by atomic mass is 15.3. The van der Waals surface area contributed by atoms with Crippen LogP contribution in [0.5, 0.6) is 0 Å². The normalized spacial score (nSPS) is 20.4. The number of imidazole rings is 1. The molecule has 0 aliphatic carbocycles. The van der Waals surface area contributed by atoms with Gasteiger partial charge in [-0.05, 0) is 19.8 Å². The van der Waals surface area contributed by atoms with E-state index in [0.29, 0.717) is 6.04 Å². The first-order valence-corrected chi connectivity index (χ1v) is 7.29. The van der Waals surface area contributed by atoms with E-state index < -0.39 is 0 Å². The summed E-state index contributed by atoms with van der Waals surface area (Å²) in [6.07, 6.45) is 5.72. The zero-order valence-electron chi connectivity index (χ0n) is 11.9. The first-order chi connectivity index (χ1) is 8.74. The van der Waals surface area contributed by atoms with E-state index in [1.54, 1.807) is 0 Å². The summed E-state index contributed by atoms with van der Waals surface area (Å²) in [5.41, 5.74) is 1.22. The summed E-state index contributed by atoms with van der Waals surface area (Å²) >= 11 is 0. The molecular weight excluding hydrogens is 224 g/mol. The molecule has 18 heavy (non-hydrogen) atoms. The molecule has 102 valence electrons. The molecule has 1 aliphatic heterocycles. The Hall–Kier alpha value is -1.03. The maximum absolute atomic E-state index is 4.80. The Morgan fingerprint density at radius 1 is 1.44 bits per heavy atom. The van der Waals surface area contributed by atoms with Crippen LogP contribution in [0.25, 0.3) is 0 Å². The van der Waals surface area contributed by atoms with Gasteiger partial charge in [0.2, 0.25) is 5.95 Å². The van der Waals surface area contributed by atoms with Crippen LogP contribution in [-0.4, -0.2) is 35.2 Å². The Morgan fingerprint density at radius 2 is 2.28 bits per heavy atom. The van der Waals surface area contributed by atoms with E-state index in [-0.39, 0.29) is 0 Å². The van der Waals surface area contributed by atoms with Crippen molar-refractivity contribution in [3.8, 4) is 0 Å². The van der Waals surface area contributed by atoms with Crippen LogP contribution in [0.1, 0.15) is 39.3 Å². The zero-order chi connectivity index (χ0) is 13.0. The molecule has 0 saturated carbocycles. The number of hydrogen-bond acceptors (Lipinski definition) is 3. The van der Waals surface area contributed by atoms with Crippen LogP contribution < -0.4 is 10.2 Å². The van der Waals surface area contributed by atoms with Crippen molar-refractivity contribution < 1.29 is 0 Å². The van der Waals surface area contributed by atoms with Crippen LogP contribution in [0.4, 0.5) is 5.95 Å².